The number of carbonyl (C=O) groups excluding carboxylic acids is 1. The summed E-state index contributed by atoms with van der Waals surface area (Å²) in [6.07, 6.45) is 4.87. The fourth-order valence-electron chi connectivity index (χ4n) is 0.502. The first kappa shape index (κ1) is 10.0. The molecular formula is C8H15NO2. The Balaban J connectivity index is 3.23. The van der Waals surface area contributed by atoms with Crippen molar-refractivity contribution in [2.24, 2.45) is 0 Å². The smallest absolute Gasteiger partial charge is 0.411 e. The number of carbonyl (C=O) groups is 1. The van der Waals surface area contributed by atoms with Gasteiger partial charge in [-0.15, -0.1) is 0 Å². The summed E-state index contributed by atoms with van der Waals surface area (Å²) < 4.78 is 4.78. The summed E-state index contributed by atoms with van der Waals surface area (Å²) in [6.45, 7) is 4.37. The Morgan fingerprint density at radius 1 is 1.64 bits per heavy atom. The minimum absolute atomic E-state index is 0.378. The minimum Gasteiger partial charge on any atom is -0.449 e. The zero-order chi connectivity index (χ0) is 8.53. The third-order valence-corrected chi connectivity index (χ3v) is 1.10. The van der Waals surface area contributed by atoms with E-state index in [-0.39, 0.29) is 6.09 Å². The second-order valence-electron chi connectivity index (χ2n) is 2.13. The highest BCUT2D eigenvalue weighted by molar-refractivity contribution is 5.68. The molecule has 0 heterocycles. The molecule has 0 unspecified atom stereocenters. The highest BCUT2D eigenvalue weighted by Crippen LogP contribution is 1.87. The minimum atomic E-state index is -0.378. The van der Waals surface area contributed by atoms with Crippen molar-refractivity contribution in [2.75, 3.05) is 6.61 Å². The lowest BCUT2D eigenvalue weighted by atomic mass is 10.4. The van der Waals surface area contributed by atoms with Crippen LogP contribution >= 0.6 is 0 Å². The molecule has 1 amide bonds. The van der Waals surface area contributed by atoms with Crippen LogP contribution in [0.5, 0.6) is 0 Å². The second kappa shape index (κ2) is 7.12. The second-order valence-corrected chi connectivity index (χ2v) is 2.13. The molecule has 0 aliphatic rings. The van der Waals surface area contributed by atoms with Crippen molar-refractivity contribution in [1.29, 1.82) is 0 Å². The molecule has 0 fully saturated rings. The van der Waals surface area contributed by atoms with E-state index in [9.17, 15) is 4.79 Å². The van der Waals surface area contributed by atoms with Gasteiger partial charge in [-0.2, -0.15) is 0 Å². The van der Waals surface area contributed by atoms with Crippen molar-refractivity contribution in [1.82, 2.24) is 5.32 Å². The van der Waals surface area contributed by atoms with Crippen molar-refractivity contribution in [3.63, 3.8) is 0 Å². The van der Waals surface area contributed by atoms with Gasteiger partial charge in [-0.1, -0.05) is 19.4 Å². The molecule has 11 heavy (non-hydrogen) atoms. The molecule has 0 atom stereocenters. The van der Waals surface area contributed by atoms with E-state index in [1.807, 2.05) is 13.8 Å². The first-order valence-electron chi connectivity index (χ1n) is 3.85. The molecule has 0 spiro atoms. The fourth-order valence-corrected chi connectivity index (χ4v) is 0.502. The molecule has 0 saturated carbocycles. The third kappa shape index (κ3) is 6.90. The average Bonchev–Trinajstić information content (AvgIpc) is 2.01. The molecule has 64 valence electrons. The predicted octanol–water partition coefficient (Wildman–Crippen LogP) is 2.05. The number of hydrogen-bond donors (Lipinski definition) is 1. The van der Waals surface area contributed by atoms with Crippen molar-refractivity contribution in [3.05, 3.63) is 12.3 Å². The van der Waals surface area contributed by atoms with Gasteiger partial charge in [-0.25, -0.2) is 4.79 Å². The van der Waals surface area contributed by atoms with Gasteiger partial charge >= 0.3 is 6.09 Å². The topological polar surface area (TPSA) is 38.3 Å². The lowest BCUT2D eigenvalue weighted by Gasteiger charge is -2.01. The van der Waals surface area contributed by atoms with E-state index in [1.165, 1.54) is 0 Å². The van der Waals surface area contributed by atoms with E-state index < -0.39 is 0 Å². The van der Waals surface area contributed by atoms with Crippen LogP contribution in [0.15, 0.2) is 12.3 Å². The van der Waals surface area contributed by atoms with Crippen molar-refractivity contribution in [2.45, 2.75) is 26.7 Å². The Hall–Kier alpha value is -0.990. The zero-order valence-electron chi connectivity index (χ0n) is 7.09. The fraction of sp³-hybridized carbons (Fsp3) is 0.625. The number of alkyl carbamates (subject to hydrolysis) is 1. The molecule has 0 aliphatic carbocycles. The maximum absolute atomic E-state index is 10.7. The van der Waals surface area contributed by atoms with Crippen LogP contribution in [0.25, 0.3) is 0 Å². The molecule has 1 N–H and O–H groups in total. The molecule has 0 saturated heterocycles. The maximum atomic E-state index is 10.7. The summed E-state index contributed by atoms with van der Waals surface area (Å²) in [6, 6.07) is 0. The number of hydrogen-bond acceptors (Lipinski definition) is 2. The Morgan fingerprint density at radius 3 is 2.91 bits per heavy atom. The first-order chi connectivity index (χ1) is 5.31. The number of amides is 1. The maximum Gasteiger partial charge on any atom is 0.411 e. The lowest BCUT2D eigenvalue weighted by molar-refractivity contribution is 0.148. The number of ether oxygens (including phenoxy) is 1. The van der Waals surface area contributed by atoms with Crippen LogP contribution in [0.2, 0.25) is 0 Å². The molecule has 3 heteroatoms. The molecule has 0 aromatic carbocycles. The van der Waals surface area contributed by atoms with E-state index in [0.29, 0.717) is 6.61 Å². The van der Waals surface area contributed by atoms with Crippen molar-refractivity contribution < 1.29 is 9.53 Å². The van der Waals surface area contributed by atoms with E-state index in [1.54, 1.807) is 12.3 Å². The molecule has 0 aromatic heterocycles. The van der Waals surface area contributed by atoms with Crippen LogP contribution < -0.4 is 5.32 Å². The lowest BCUT2D eigenvalue weighted by Crippen LogP contribution is -2.18. The van der Waals surface area contributed by atoms with E-state index in [0.717, 1.165) is 12.8 Å². The van der Waals surface area contributed by atoms with Crippen molar-refractivity contribution in [3.8, 4) is 0 Å². The zero-order valence-corrected chi connectivity index (χ0v) is 7.09. The monoisotopic (exact) mass is 157 g/mol. The largest absolute Gasteiger partial charge is 0.449 e. The standard InChI is InChI=1S/C8H15NO2/c1-3-5-7-11-8(10)9-6-4-2/h4,6H,3,5,7H2,1-2H3,(H,9,10). The average molecular weight is 157 g/mol. The van der Waals surface area contributed by atoms with Gasteiger partial charge < -0.3 is 4.74 Å². The van der Waals surface area contributed by atoms with E-state index >= 15 is 0 Å². The highest BCUT2D eigenvalue weighted by atomic mass is 16.5. The van der Waals surface area contributed by atoms with Crippen LogP contribution in [-0.4, -0.2) is 12.7 Å². The molecular weight excluding hydrogens is 142 g/mol. The van der Waals surface area contributed by atoms with Gasteiger partial charge in [0.05, 0.1) is 6.61 Å². The number of rotatable bonds is 4. The van der Waals surface area contributed by atoms with Crippen LogP contribution in [-0.2, 0) is 4.74 Å². The Kier molecular flexibility index (Phi) is 6.48. The van der Waals surface area contributed by atoms with Crippen molar-refractivity contribution >= 4 is 6.09 Å². The van der Waals surface area contributed by atoms with Gasteiger partial charge in [-0.05, 0) is 13.3 Å². The van der Waals surface area contributed by atoms with Gasteiger partial charge in [0.25, 0.3) is 0 Å². The SMILES string of the molecule is CC=CNC(=O)OCCCC. The van der Waals surface area contributed by atoms with Crippen LogP contribution in [0, 0.1) is 0 Å². The molecule has 3 nitrogen and oxygen atoms in total. The Morgan fingerprint density at radius 2 is 2.36 bits per heavy atom. The summed E-state index contributed by atoms with van der Waals surface area (Å²) in [5, 5.41) is 2.45. The molecule has 0 aromatic rings. The Labute approximate surface area is 67.4 Å². The van der Waals surface area contributed by atoms with E-state index in [2.05, 4.69) is 5.32 Å². The summed E-state index contributed by atoms with van der Waals surface area (Å²) in [7, 11) is 0. The molecule has 0 bridgehead atoms. The third-order valence-electron chi connectivity index (χ3n) is 1.10. The summed E-state index contributed by atoms with van der Waals surface area (Å²) in [5.41, 5.74) is 0. The number of nitrogens with one attached hydrogen (secondary N) is 1. The summed E-state index contributed by atoms with van der Waals surface area (Å²) >= 11 is 0. The van der Waals surface area contributed by atoms with Crippen LogP contribution in [0.4, 0.5) is 4.79 Å². The van der Waals surface area contributed by atoms with Crippen LogP contribution in [0.3, 0.4) is 0 Å². The highest BCUT2D eigenvalue weighted by Gasteiger charge is 1.95. The van der Waals surface area contributed by atoms with Crippen LogP contribution in [0.1, 0.15) is 26.7 Å². The van der Waals surface area contributed by atoms with Gasteiger partial charge in [0.1, 0.15) is 0 Å². The summed E-state index contributed by atoms with van der Waals surface area (Å²) in [5.74, 6) is 0. The van der Waals surface area contributed by atoms with E-state index in [4.69, 9.17) is 4.74 Å². The molecule has 0 aliphatic heterocycles. The van der Waals surface area contributed by atoms with Gasteiger partial charge in [-0.3, -0.25) is 5.32 Å². The van der Waals surface area contributed by atoms with Gasteiger partial charge in [0, 0.05) is 6.20 Å². The molecule has 0 rings (SSSR count). The quantitative estimate of drug-likeness (QED) is 0.634. The first-order valence-corrected chi connectivity index (χ1v) is 3.85. The molecule has 0 radical (unpaired) electrons. The normalized spacial score (nSPS) is 10.0. The van der Waals surface area contributed by atoms with Gasteiger partial charge in [0.2, 0.25) is 0 Å². The summed E-state index contributed by atoms with van der Waals surface area (Å²) in [4.78, 5) is 10.7. The number of allylic oxidation sites excluding steroid dienone is 1. The Bertz CT molecular complexity index is 132. The predicted molar refractivity (Wildman–Crippen MR) is 44.2 cm³/mol. The van der Waals surface area contributed by atoms with Gasteiger partial charge in [0.15, 0.2) is 0 Å². The number of unbranched alkanes of at least 4 members (excludes halogenated alkanes) is 1.